The van der Waals surface area contributed by atoms with Crippen LogP contribution in [-0.2, 0) is 10.1 Å². The van der Waals surface area contributed by atoms with Gasteiger partial charge < -0.3 is 5.32 Å². The van der Waals surface area contributed by atoms with E-state index in [2.05, 4.69) is 5.32 Å². The second-order valence-electron chi connectivity index (χ2n) is 4.30. The lowest BCUT2D eigenvalue weighted by Crippen LogP contribution is -2.03. The number of nitrogens with one attached hydrogen (secondary N) is 1. The number of hydrogen-bond acceptors (Lipinski definition) is 3. The highest BCUT2D eigenvalue weighted by atomic mass is 32.2. The summed E-state index contributed by atoms with van der Waals surface area (Å²) < 4.78 is 40.9. The van der Waals surface area contributed by atoms with Crippen LogP contribution in [0.1, 0.15) is 51.4 Å². The minimum Gasteiger partial charge on any atom is -0.323 e. The van der Waals surface area contributed by atoms with E-state index in [9.17, 15) is 12.8 Å². The van der Waals surface area contributed by atoms with E-state index in [1.54, 1.807) is 0 Å². The minimum absolute atomic E-state index is 0.130. The molecule has 0 unspecified atom stereocenters. The van der Waals surface area contributed by atoms with Gasteiger partial charge in [-0.2, -0.15) is 8.42 Å². The van der Waals surface area contributed by atoms with Crippen molar-refractivity contribution in [2.75, 3.05) is 26.5 Å². The Balaban J connectivity index is 0. The van der Waals surface area contributed by atoms with E-state index in [4.69, 9.17) is 4.55 Å². The van der Waals surface area contributed by atoms with Crippen molar-refractivity contribution in [1.82, 2.24) is 5.32 Å². The largest absolute Gasteiger partial charge is 0.323 e. The molecule has 0 heterocycles. The molecule has 0 rings (SSSR count). The highest BCUT2D eigenvalue weighted by Crippen LogP contribution is 2.09. The number of hydrogen-bond donors (Lipinski definition) is 2. The molecule has 0 amide bonds. The Bertz CT molecular complexity index is 246. The summed E-state index contributed by atoms with van der Waals surface area (Å²) in [5.74, 6) is -0.130. The lowest BCUT2D eigenvalue weighted by atomic mass is 10.1. The molecule has 0 aromatic heterocycles. The molecule has 6 heteroatoms. The van der Waals surface area contributed by atoms with Gasteiger partial charge in [0, 0.05) is 0 Å². The third-order valence-electron chi connectivity index (χ3n) is 2.29. The Kier molecular flexibility index (Phi) is 16.6. The lowest BCUT2D eigenvalue weighted by molar-refractivity contribution is 0.449. The maximum Gasteiger partial charge on any atom is 0.264 e. The molecule has 2 N–H and O–H groups in total. The molecule has 0 saturated heterocycles. The Labute approximate surface area is 111 Å². The Morgan fingerprint density at radius 1 is 0.889 bits per heavy atom. The molecule has 18 heavy (non-hydrogen) atoms. The van der Waals surface area contributed by atoms with Crippen molar-refractivity contribution in [3.63, 3.8) is 0 Å². The highest BCUT2D eigenvalue weighted by molar-refractivity contribution is 7.85. The Morgan fingerprint density at radius 3 is 1.56 bits per heavy atom. The Morgan fingerprint density at radius 2 is 1.22 bits per heavy atom. The molecule has 0 aliphatic heterocycles. The average Bonchev–Trinajstić information content (AvgIpc) is 2.26. The van der Waals surface area contributed by atoms with E-state index in [0.717, 1.165) is 38.5 Å². The van der Waals surface area contributed by atoms with Gasteiger partial charge in [0.2, 0.25) is 0 Å². The van der Waals surface area contributed by atoms with Gasteiger partial charge in [-0.05, 0) is 26.9 Å². The van der Waals surface area contributed by atoms with Crippen LogP contribution in [0.2, 0.25) is 0 Å². The van der Waals surface area contributed by atoms with E-state index in [1.807, 2.05) is 14.1 Å². The molecule has 0 aliphatic rings. The first-order valence-corrected chi connectivity index (χ1v) is 8.18. The topological polar surface area (TPSA) is 66.4 Å². The van der Waals surface area contributed by atoms with Gasteiger partial charge in [-0.1, -0.05) is 38.5 Å². The number of halogens is 1. The van der Waals surface area contributed by atoms with E-state index in [1.165, 1.54) is 0 Å². The molecule has 0 fully saturated rings. The maximum absolute atomic E-state index is 11.7. The molecule has 0 aromatic rings. The third kappa shape index (κ3) is 24.9. The molecule has 0 bridgehead atoms. The zero-order valence-electron chi connectivity index (χ0n) is 11.6. The molecule has 0 aromatic carbocycles. The minimum atomic E-state index is -3.77. The first-order valence-electron chi connectivity index (χ1n) is 6.57. The molecule has 0 spiro atoms. The van der Waals surface area contributed by atoms with Crippen molar-refractivity contribution >= 4 is 10.1 Å². The molecular formula is C12H28FNO3S. The number of rotatable bonds is 10. The smallest absolute Gasteiger partial charge is 0.264 e. The van der Waals surface area contributed by atoms with Gasteiger partial charge in [-0.3, -0.25) is 8.94 Å². The number of alkyl halides is 1. The summed E-state index contributed by atoms with van der Waals surface area (Å²) in [6, 6.07) is 0. The summed E-state index contributed by atoms with van der Waals surface area (Å²) in [6.45, 7) is -0.228. The van der Waals surface area contributed by atoms with Gasteiger partial charge in [-0.15, -0.1) is 0 Å². The summed E-state index contributed by atoms with van der Waals surface area (Å²) in [4.78, 5) is 0. The first kappa shape index (κ1) is 20.1. The fourth-order valence-electron chi connectivity index (χ4n) is 1.44. The molecule has 0 radical (unpaired) electrons. The molecule has 0 atom stereocenters. The second-order valence-corrected chi connectivity index (χ2v) is 5.88. The normalized spacial score (nSPS) is 10.9. The zero-order chi connectivity index (χ0) is 14.3. The predicted molar refractivity (Wildman–Crippen MR) is 74.3 cm³/mol. The third-order valence-corrected chi connectivity index (χ3v) is 3.09. The van der Waals surface area contributed by atoms with Crippen LogP contribution < -0.4 is 5.32 Å². The SMILES string of the molecule is CNC.O=S(=O)(O)CCCCCCCCCCF. The second kappa shape index (κ2) is 14.9. The van der Waals surface area contributed by atoms with Gasteiger partial charge in [-0.25, -0.2) is 0 Å². The zero-order valence-corrected chi connectivity index (χ0v) is 12.4. The van der Waals surface area contributed by atoms with Gasteiger partial charge in [0.15, 0.2) is 0 Å². The van der Waals surface area contributed by atoms with Gasteiger partial charge in [0.25, 0.3) is 10.1 Å². The predicted octanol–water partition coefficient (Wildman–Crippen LogP) is 2.80. The average molecular weight is 285 g/mol. The van der Waals surface area contributed by atoms with Crippen molar-refractivity contribution in [2.45, 2.75) is 51.4 Å². The summed E-state index contributed by atoms with van der Waals surface area (Å²) in [7, 11) is -0.0205. The van der Waals surface area contributed by atoms with Crippen molar-refractivity contribution in [3.05, 3.63) is 0 Å². The van der Waals surface area contributed by atoms with Crippen LogP contribution in [-0.4, -0.2) is 39.5 Å². The molecule has 0 aliphatic carbocycles. The van der Waals surface area contributed by atoms with E-state index in [-0.39, 0.29) is 12.4 Å². The fourth-order valence-corrected chi connectivity index (χ4v) is 2.01. The highest BCUT2D eigenvalue weighted by Gasteiger charge is 2.02. The number of unbranched alkanes of at least 4 members (excludes halogenated alkanes) is 7. The molecule has 0 saturated carbocycles. The van der Waals surface area contributed by atoms with E-state index >= 15 is 0 Å². The standard InChI is InChI=1S/C10H21FO3S.C2H7N/c11-9-7-5-3-1-2-4-6-8-10-15(12,13)14;1-3-2/h1-10H2,(H,12,13,14);3H,1-2H3. The van der Waals surface area contributed by atoms with Crippen LogP contribution in [0.25, 0.3) is 0 Å². The van der Waals surface area contributed by atoms with E-state index < -0.39 is 10.1 Å². The molecular weight excluding hydrogens is 257 g/mol. The maximum atomic E-state index is 11.7. The van der Waals surface area contributed by atoms with Crippen LogP contribution in [0.5, 0.6) is 0 Å². The van der Waals surface area contributed by atoms with Gasteiger partial charge in [0.1, 0.15) is 0 Å². The summed E-state index contributed by atoms with van der Waals surface area (Å²) in [5.41, 5.74) is 0. The van der Waals surface area contributed by atoms with Crippen LogP contribution in [0.15, 0.2) is 0 Å². The first-order chi connectivity index (χ1) is 8.47. The van der Waals surface area contributed by atoms with Crippen molar-refractivity contribution in [1.29, 1.82) is 0 Å². The van der Waals surface area contributed by atoms with Crippen molar-refractivity contribution in [3.8, 4) is 0 Å². The van der Waals surface area contributed by atoms with Crippen LogP contribution >= 0.6 is 0 Å². The van der Waals surface area contributed by atoms with Crippen LogP contribution in [0.3, 0.4) is 0 Å². The quantitative estimate of drug-likeness (QED) is 0.478. The molecule has 4 nitrogen and oxygen atoms in total. The van der Waals surface area contributed by atoms with Gasteiger partial charge in [0.05, 0.1) is 12.4 Å². The summed E-state index contributed by atoms with van der Waals surface area (Å²) >= 11 is 0. The molecule has 112 valence electrons. The summed E-state index contributed by atoms with van der Waals surface area (Å²) in [5, 5.41) is 2.75. The van der Waals surface area contributed by atoms with E-state index in [0.29, 0.717) is 12.8 Å². The summed E-state index contributed by atoms with van der Waals surface area (Å²) in [6.07, 6.45) is 7.17. The van der Waals surface area contributed by atoms with Crippen molar-refractivity contribution < 1.29 is 17.4 Å². The van der Waals surface area contributed by atoms with Crippen molar-refractivity contribution in [2.24, 2.45) is 0 Å². The van der Waals surface area contributed by atoms with Crippen LogP contribution in [0.4, 0.5) is 4.39 Å². The Hall–Kier alpha value is -0.200. The van der Waals surface area contributed by atoms with Crippen LogP contribution in [0, 0.1) is 0 Å². The monoisotopic (exact) mass is 285 g/mol. The lowest BCUT2D eigenvalue weighted by Gasteiger charge is -2.00. The van der Waals surface area contributed by atoms with Gasteiger partial charge >= 0.3 is 0 Å². The fraction of sp³-hybridized carbons (Fsp3) is 1.00.